The predicted molar refractivity (Wildman–Crippen MR) is 83.7 cm³/mol. The van der Waals surface area contributed by atoms with E-state index < -0.39 is 11.8 Å². The van der Waals surface area contributed by atoms with E-state index in [1.54, 1.807) is 30.3 Å². The van der Waals surface area contributed by atoms with Crippen LogP contribution in [-0.2, 0) is 4.79 Å². The van der Waals surface area contributed by atoms with E-state index in [0.717, 1.165) is 5.56 Å². The van der Waals surface area contributed by atoms with E-state index in [1.165, 1.54) is 0 Å². The number of para-hydroxylation sites is 1. The molecule has 0 aromatic heterocycles. The number of ether oxygens (including phenoxy) is 1. The molecule has 0 heterocycles. The van der Waals surface area contributed by atoms with Crippen LogP contribution in [0.15, 0.2) is 48.5 Å². The monoisotopic (exact) mass is 318 g/mol. The zero-order chi connectivity index (χ0) is 15.9. The molecule has 0 fully saturated rings. The number of aryl methyl sites for hydroxylation is 1. The Morgan fingerprint density at radius 3 is 2.45 bits per heavy atom. The van der Waals surface area contributed by atoms with Gasteiger partial charge < -0.3 is 4.74 Å². The van der Waals surface area contributed by atoms with Crippen LogP contribution in [0.2, 0.25) is 5.02 Å². The third kappa shape index (κ3) is 4.23. The van der Waals surface area contributed by atoms with Crippen molar-refractivity contribution < 1.29 is 14.3 Å². The molecule has 2 N–H and O–H groups in total. The molecule has 0 saturated heterocycles. The molecular formula is C16H15ClN2O3. The van der Waals surface area contributed by atoms with Crippen LogP contribution in [0.25, 0.3) is 0 Å². The van der Waals surface area contributed by atoms with Crippen molar-refractivity contribution in [3.8, 4) is 5.75 Å². The molecule has 0 aliphatic carbocycles. The van der Waals surface area contributed by atoms with E-state index in [0.29, 0.717) is 10.8 Å². The highest BCUT2D eigenvalue weighted by Crippen LogP contribution is 2.16. The number of rotatable bonds is 4. The Hall–Kier alpha value is -2.53. The van der Waals surface area contributed by atoms with Crippen molar-refractivity contribution in [3.05, 3.63) is 64.7 Å². The number of carbonyl (C=O) groups excluding carboxylic acids is 2. The highest BCUT2D eigenvalue weighted by molar-refractivity contribution is 6.33. The topological polar surface area (TPSA) is 67.4 Å². The number of hydrogen-bond acceptors (Lipinski definition) is 3. The van der Waals surface area contributed by atoms with Crippen molar-refractivity contribution in [1.29, 1.82) is 0 Å². The first-order valence-electron chi connectivity index (χ1n) is 6.60. The molecule has 2 aromatic carbocycles. The third-order valence-corrected chi connectivity index (χ3v) is 3.22. The van der Waals surface area contributed by atoms with Crippen molar-refractivity contribution in [2.24, 2.45) is 0 Å². The zero-order valence-electron chi connectivity index (χ0n) is 11.9. The summed E-state index contributed by atoms with van der Waals surface area (Å²) >= 11 is 5.89. The molecule has 0 aliphatic heterocycles. The van der Waals surface area contributed by atoms with Crippen LogP contribution in [0.1, 0.15) is 15.9 Å². The fraction of sp³-hybridized carbons (Fsp3) is 0.125. The molecule has 2 rings (SSSR count). The first-order chi connectivity index (χ1) is 10.6. The first-order valence-corrected chi connectivity index (χ1v) is 6.98. The maximum absolute atomic E-state index is 11.8. The lowest BCUT2D eigenvalue weighted by Crippen LogP contribution is -2.43. The van der Waals surface area contributed by atoms with Gasteiger partial charge in [-0.25, -0.2) is 0 Å². The quantitative estimate of drug-likeness (QED) is 0.851. The molecule has 0 bridgehead atoms. The average molecular weight is 319 g/mol. The molecule has 2 amide bonds. The lowest BCUT2D eigenvalue weighted by molar-refractivity contribution is -0.123. The summed E-state index contributed by atoms with van der Waals surface area (Å²) in [7, 11) is 0. The number of hydrogen-bond donors (Lipinski definition) is 2. The molecule has 0 unspecified atom stereocenters. The second-order valence-corrected chi connectivity index (χ2v) is 4.94. The van der Waals surface area contributed by atoms with Crippen molar-refractivity contribution in [3.63, 3.8) is 0 Å². The van der Waals surface area contributed by atoms with Crippen LogP contribution in [0, 0.1) is 6.92 Å². The molecule has 114 valence electrons. The number of hydrazine groups is 1. The van der Waals surface area contributed by atoms with E-state index in [9.17, 15) is 9.59 Å². The second kappa shape index (κ2) is 7.47. The van der Waals surface area contributed by atoms with Gasteiger partial charge in [0, 0.05) is 0 Å². The lowest BCUT2D eigenvalue weighted by atomic mass is 10.2. The molecular weight excluding hydrogens is 304 g/mol. The molecule has 0 spiro atoms. The van der Waals surface area contributed by atoms with Crippen LogP contribution < -0.4 is 15.6 Å². The van der Waals surface area contributed by atoms with Crippen molar-refractivity contribution in [1.82, 2.24) is 10.9 Å². The molecule has 22 heavy (non-hydrogen) atoms. The zero-order valence-corrected chi connectivity index (χ0v) is 12.7. The van der Waals surface area contributed by atoms with E-state index >= 15 is 0 Å². The van der Waals surface area contributed by atoms with Crippen LogP contribution in [0.3, 0.4) is 0 Å². The smallest absolute Gasteiger partial charge is 0.276 e. The molecule has 2 aromatic rings. The summed E-state index contributed by atoms with van der Waals surface area (Å²) in [5, 5.41) is 0.311. The minimum Gasteiger partial charge on any atom is -0.483 e. The van der Waals surface area contributed by atoms with Gasteiger partial charge in [0.15, 0.2) is 6.61 Å². The van der Waals surface area contributed by atoms with Gasteiger partial charge in [-0.05, 0) is 30.7 Å². The van der Waals surface area contributed by atoms with Gasteiger partial charge in [0.2, 0.25) is 0 Å². The van der Waals surface area contributed by atoms with Gasteiger partial charge in [-0.2, -0.15) is 0 Å². The highest BCUT2D eigenvalue weighted by atomic mass is 35.5. The Labute approximate surface area is 133 Å². The Balaban J connectivity index is 1.82. The van der Waals surface area contributed by atoms with E-state index in [1.807, 2.05) is 25.1 Å². The number of carbonyl (C=O) groups is 2. The fourth-order valence-corrected chi connectivity index (χ4v) is 1.96. The number of benzene rings is 2. The predicted octanol–water partition coefficient (Wildman–Crippen LogP) is 2.49. The molecule has 6 heteroatoms. The van der Waals surface area contributed by atoms with Crippen LogP contribution in [0.4, 0.5) is 0 Å². The summed E-state index contributed by atoms with van der Waals surface area (Å²) in [5.41, 5.74) is 5.77. The molecule has 0 saturated carbocycles. The number of amides is 2. The lowest BCUT2D eigenvalue weighted by Gasteiger charge is -2.10. The van der Waals surface area contributed by atoms with Gasteiger partial charge in [0.05, 0.1) is 10.6 Å². The molecule has 0 radical (unpaired) electrons. The second-order valence-electron chi connectivity index (χ2n) is 4.54. The van der Waals surface area contributed by atoms with Gasteiger partial charge in [-0.1, -0.05) is 41.9 Å². The normalized spacial score (nSPS) is 9.91. The van der Waals surface area contributed by atoms with E-state index in [4.69, 9.17) is 16.3 Å². The maximum atomic E-state index is 11.8. The number of halogens is 1. The SMILES string of the molecule is Cc1ccccc1OCC(=O)NNC(=O)c1ccccc1Cl. The molecule has 0 atom stereocenters. The van der Waals surface area contributed by atoms with E-state index in [-0.39, 0.29) is 12.2 Å². The fourth-order valence-electron chi connectivity index (χ4n) is 1.74. The summed E-state index contributed by atoms with van der Waals surface area (Å²) in [6, 6.07) is 13.9. The van der Waals surface area contributed by atoms with Crippen LogP contribution in [-0.4, -0.2) is 18.4 Å². The van der Waals surface area contributed by atoms with Crippen LogP contribution in [0.5, 0.6) is 5.75 Å². The maximum Gasteiger partial charge on any atom is 0.276 e. The van der Waals surface area contributed by atoms with Gasteiger partial charge in [0.25, 0.3) is 11.8 Å². The Morgan fingerprint density at radius 2 is 1.73 bits per heavy atom. The van der Waals surface area contributed by atoms with Gasteiger partial charge in [-0.3, -0.25) is 20.4 Å². The van der Waals surface area contributed by atoms with Gasteiger partial charge >= 0.3 is 0 Å². The summed E-state index contributed by atoms with van der Waals surface area (Å²) < 4.78 is 5.37. The molecule has 0 aliphatic rings. The van der Waals surface area contributed by atoms with Crippen molar-refractivity contribution in [2.75, 3.05) is 6.61 Å². The van der Waals surface area contributed by atoms with Crippen LogP contribution >= 0.6 is 11.6 Å². The third-order valence-electron chi connectivity index (χ3n) is 2.89. The standard InChI is InChI=1S/C16H15ClN2O3/c1-11-6-2-5-9-14(11)22-10-15(20)18-19-16(21)12-7-3-4-8-13(12)17/h2-9H,10H2,1H3,(H,18,20)(H,19,21). The minimum atomic E-state index is -0.491. The summed E-state index contributed by atoms with van der Waals surface area (Å²) in [6.07, 6.45) is 0. The van der Waals surface area contributed by atoms with Gasteiger partial charge in [0.1, 0.15) is 5.75 Å². The largest absolute Gasteiger partial charge is 0.483 e. The Kier molecular flexibility index (Phi) is 5.38. The van der Waals surface area contributed by atoms with Crippen molar-refractivity contribution in [2.45, 2.75) is 6.92 Å². The Bertz CT molecular complexity index is 689. The molecule has 5 nitrogen and oxygen atoms in total. The number of nitrogens with one attached hydrogen (secondary N) is 2. The first kappa shape index (κ1) is 15.9. The summed E-state index contributed by atoms with van der Waals surface area (Å²) in [4.78, 5) is 23.5. The van der Waals surface area contributed by atoms with Crippen molar-refractivity contribution >= 4 is 23.4 Å². The van der Waals surface area contributed by atoms with Gasteiger partial charge in [-0.15, -0.1) is 0 Å². The Morgan fingerprint density at radius 1 is 1.05 bits per heavy atom. The highest BCUT2D eigenvalue weighted by Gasteiger charge is 2.11. The average Bonchev–Trinajstić information content (AvgIpc) is 2.52. The minimum absolute atomic E-state index is 0.201. The summed E-state index contributed by atoms with van der Waals surface area (Å²) in [5.74, 6) is -0.339. The summed E-state index contributed by atoms with van der Waals surface area (Å²) in [6.45, 7) is 1.68. The van der Waals surface area contributed by atoms with E-state index in [2.05, 4.69) is 10.9 Å².